The van der Waals surface area contributed by atoms with E-state index in [2.05, 4.69) is 0 Å². The Kier molecular flexibility index (Phi) is 3.75. The van der Waals surface area contributed by atoms with Crippen molar-refractivity contribution in [1.82, 2.24) is 0 Å². The molecule has 78 valence electrons. The molecule has 0 saturated heterocycles. The quantitative estimate of drug-likeness (QED) is 0.808. The van der Waals surface area contributed by atoms with Crippen LogP contribution in [-0.2, 0) is 0 Å². The van der Waals surface area contributed by atoms with Gasteiger partial charge >= 0.3 is 0 Å². The van der Waals surface area contributed by atoms with Crippen LogP contribution in [0.1, 0.15) is 18.6 Å². The van der Waals surface area contributed by atoms with E-state index in [-0.39, 0.29) is 6.04 Å². The van der Waals surface area contributed by atoms with E-state index in [1.54, 1.807) is 25.1 Å². The Balaban J connectivity index is 3.00. The van der Waals surface area contributed by atoms with Crippen molar-refractivity contribution < 1.29 is 9.84 Å². The van der Waals surface area contributed by atoms with Crippen LogP contribution in [0.2, 0.25) is 5.02 Å². The van der Waals surface area contributed by atoms with E-state index in [1.807, 2.05) is 0 Å². The topological polar surface area (TPSA) is 55.5 Å². The summed E-state index contributed by atoms with van der Waals surface area (Å²) in [6.45, 7) is 1.74. The van der Waals surface area contributed by atoms with Crippen LogP contribution in [0.3, 0.4) is 0 Å². The highest BCUT2D eigenvalue weighted by Gasteiger charge is 2.13. The summed E-state index contributed by atoms with van der Waals surface area (Å²) >= 11 is 5.84. The molecule has 14 heavy (non-hydrogen) atoms. The molecule has 2 atom stereocenters. The lowest BCUT2D eigenvalue weighted by Gasteiger charge is -2.15. The highest BCUT2D eigenvalue weighted by molar-refractivity contribution is 6.32. The maximum Gasteiger partial charge on any atom is 0.137 e. The molecule has 0 aliphatic heterocycles. The lowest BCUT2D eigenvalue weighted by Crippen LogP contribution is -2.24. The van der Waals surface area contributed by atoms with Crippen molar-refractivity contribution in [1.29, 1.82) is 0 Å². The van der Waals surface area contributed by atoms with Crippen molar-refractivity contribution in [3.05, 3.63) is 28.8 Å². The fourth-order valence-electron chi connectivity index (χ4n) is 1.16. The van der Waals surface area contributed by atoms with Gasteiger partial charge < -0.3 is 15.6 Å². The summed E-state index contributed by atoms with van der Waals surface area (Å²) in [5.74, 6) is 0.545. The van der Waals surface area contributed by atoms with Gasteiger partial charge in [0.05, 0.1) is 18.2 Å². The first-order valence-corrected chi connectivity index (χ1v) is 4.71. The van der Waals surface area contributed by atoms with Crippen LogP contribution in [0.25, 0.3) is 0 Å². The zero-order valence-corrected chi connectivity index (χ0v) is 8.95. The second-order valence-corrected chi connectivity index (χ2v) is 3.61. The van der Waals surface area contributed by atoms with E-state index in [1.165, 1.54) is 7.11 Å². The van der Waals surface area contributed by atoms with Crippen molar-refractivity contribution in [2.45, 2.75) is 19.1 Å². The fourth-order valence-corrected chi connectivity index (χ4v) is 1.36. The molecule has 1 rings (SSSR count). The minimum absolute atomic E-state index is 0.319. The largest absolute Gasteiger partial charge is 0.495 e. The minimum Gasteiger partial charge on any atom is -0.495 e. The highest BCUT2D eigenvalue weighted by Crippen LogP contribution is 2.28. The van der Waals surface area contributed by atoms with Gasteiger partial charge in [-0.3, -0.25) is 0 Å². The van der Waals surface area contributed by atoms with E-state index in [0.717, 1.165) is 0 Å². The third-order valence-electron chi connectivity index (χ3n) is 2.01. The predicted octanol–water partition coefficient (Wildman–Crippen LogP) is 1.73. The molecule has 0 unspecified atom stereocenters. The lowest BCUT2D eigenvalue weighted by molar-refractivity contribution is 0.153. The third-order valence-corrected chi connectivity index (χ3v) is 2.33. The number of methoxy groups -OCH3 is 1. The Morgan fingerprint density at radius 3 is 2.64 bits per heavy atom. The molecule has 1 aromatic carbocycles. The Morgan fingerprint density at radius 2 is 2.14 bits per heavy atom. The van der Waals surface area contributed by atoms with Crippen molar-refractivity contribution in [3.63, 3.8) is 0 Å². The Morgan fingerprint density at radius 1 is 1.50 bits per heavy atom. The summed E-state index contributed by atoms with van der Waals surface area (Å²) in [4.78, 5) is 0. The molecule has 0 saturated carbocycles. The summed E-state index contributed by atoms with van der Waals surface area (Å²) in [5.41, 5.74) is 6.28. The molecular formula is C10H14ClNO2. The molecule has 0 radical (unpaired) electrons. The SMILES string of the molecule is COc1cc([C@H](O)[C@@H](C)N)ccc1Cl. The average molecular weight is 216 g/mol. The first-order valence-electron chi connectivity index (χ1n) is 4.33. The lowest BCUT2D eigenvalue weighted by atomic mass is 10.0. The number of aliphatic hydroxyl groups is 1. The van der Waals surface area contributed by atoms with Gasteiger partial charge in [-0.15, -0.1) is 0 Å². The van der Waals surface area contributed by atoms with Crippen LogP contribution in [-0.4, -0.2) is 18.3 Å². The number of halogens is 1. The van der Waals surface area contributed by atoms with Crippen molar-refractivity contribution in [3.8, 4) is 5.75 Å². The standard InChI is InChI=1S/C10H14ClNO2/c1-6(12)10(13)7-3-4-8(11)9(5-7)14-2/h3-6,10,13H,12H2,1-2H3/t6-,10-/m1/s1. The zero-order valence-electron chi connectivity index (χ0n) is 8.20. The van der Waals surface area contributed by atoms with Gasteiger partial charge in [0.25, 0.3) is 0 Å². The van der Waals surface area contributed by atoms with Crippen LogP contribution in [0.5, 0.6) is 5.75 Å². The zero-order chi connectivity index (χ0) is 10.7. The van der Waals surface area contributed by atoms with E-state index < -0.39 is 6.10 Å². The molecule has 0 aliphatic rings. The molecule has 4 heteroatoms. The number of benzene rings is 1. The molecule has 0 aliphatic carbocycles. The molecule has 0 heterocycles. The summed E-state index contributed by atoms with van der Waals surface area (Å²) < 4.78 is 5.03. The van der Waals surface area contributed by atoms with Crippen LogP contribution >= 0.6 is 11.6 Å². The van der Waals surface area contributed by atoms with Gasteiger partial charge in [-0.1, -0.05) is 17.7 Å². The number of nitrogens with two attached hydrogens (primary N) is 1. The number of rotatable bonds is 3. The second-order valence-electron chi connectivity index (χ2n) is 3.20. The fraction of sp³-hybridized carbons (Fsp3) is 0.400. The van der Waals surface area contributed by atoms with Gasteiger partial charge in [-0.25, -0.2) is 0 Å². The van der Waals surface area contributed by atoms with Crippen LogP contribution in [0.15, 0.2) is 18.2 Å². The highest BCUT2D eigenvalue weighted by atomic mass is 35.5. The summed E-state index contributed by atoms with van der Waals surface area (Å²) in [5, 5.41) is 10.2. The first kappa shape index (κ1) is 11.3. The maximum atomic E-state index is 9.68. The van der Waals surface area contributed by atoms with E-state index in [9.17, 15) is 5.11 Å². The molecule has 0 aromatic heterocycles. The molecule has 0 bridgehead atoms. The Hall–Kier alpha value is -0.770. The first-order chi connectivity index (χ1) is 6.56. The predicted molar refractivity (Wildman–Crippen MR) is 56.6 cm³/mol. The number of aliphatic hydroxyl groups excluding tert-OH is 1. The summed E-state index contributed by atoms with van der Waals surface area (Å²) in [6.07, 6.45) is -0.693. The molecule has 3 nitrogen and oxygen atoms in total. The maximum absolute atomic E-state index is 9.68. The summed E-state index contributed by atoms with van der Waals surface area (Å²) in [7, 11) is 1.53. The van der Waals surface area contributed by atoms with Crippen molar-refractivity contribution >= 4 is 11.6 Å². The van der Waals surface area contributed by atoms with Crippen LogP contribution < -0.4 is 10.5 Å². The van der Waals surface area contributed by atoms with Crippen molar-refractivity contribution in [2.75, 3.05) is 7.11 Å². The molecule has 0 amide bonds. The minimum atomic E-state index is -0.693. The molecule has 1 aromatic rings. The number of ether oxygens (including phenoxy) is 1. The third kappa shape index (κ3) is 2.38. The van der Waals surface area contributed by atoms with E-state index in [0.29, 0.717) is 16.3 Å². The average Bonchev–Trinajstić information content (AvgIpc) is 2.17. The Labute approximate surface area is 88.4 Å². The van der Waals surface area contributed by atoms with Gasteiger partial charge in [-0.05, 0) is 24.6 Å². The van der Waals surface area contributed by atoms with E-state index in [4.69, 9.17) is 22.1 Å². The number of hydrogen-bond acceptors (Lipinski definition) is 3. The van der Waals surface area contributed by atoms with Crippen LogP contribution in [0.4, 0.5) is 0 Å². The monoisotopic (exact) mass is 215 g/mol. The summed E-state index contributed by atoms with van der Waals surface area (Å²) in [6, 6.07) is 4.79. The van der Waals surface area contributed by atoms with Crippen LogP contribution in [0, 0.1) is 0 Å². The van der Waals surface area contributed by atoms with Gasteiger partial charge in [0.2, 0.25) is 0 Å². The second kappa shape index (κ2) is 4.64. The number of hydrogen-bond donors (Lipinski definition) is 2. The Bertz CT molecular complexity index is 315. The normalized spacial score (nSPS) is 14.9. The van der Waals surface area contributed by atoms with Gasteiger partial charge in [0.15, 0.2) is 0 Å². The molecule has 0 spiro atoms. The van der Waals surface area contributed by atoms with Gasteiger partial charge in [-0.2, -0.15) is 0 Å². The smallest absolute Gasteiger partial charge is 0.137 e. The van der Waals surface area contributed by atoms with Gasteiger partial charge in [0, 0.05) is 6.04 Å². The van der Waals surface area contributed by atoms with E-state index >= 15 is 0 Å². The van der Waals surface area contributed by atoms with Crippen molar-refractivity contribution in [2.24, 2.45) is 5.73 Å². The molecule has 0 fully saturated rings. The van der Waals surface area contributed by atoms with Gasteiger partial charge in [0.1, 0.15) is 5.75 Å². The molecule has 3 N–H and O–H groups in total. The molecular weight excluding hydrogens is 202 g/mol.